The number of hydrogen-bond acceptors (Lipinski definition) is 6. The number of fused-ring (bicyclic) bond motifs is 1. The van der Waals surface area contributed by atoms with E-state index in [1.807, 2.05) is 24.4 Å². The maximum atomic E-state index is 5.65. The monoisotopic (exact) mass is 325 g/mol. The van der Waals surface area contributed by atoms with Crippen molar-refractivity contribution in [2.45, 2.75) is 12.6 Å². The molecule has 0 bridgehead atoms. The Labute approximate surface area is 139 Å². The van der Waals surface area contributed by atoms with Gasteiger partial charge in [-0.3, -0.25) is 0 Å². The summed E-state index contributed by atoms with van der Waals surface area (Å²) in [6.45, 7) is 3.39. The van der Waals surface area contributed by atoms with Gasteiger partial charge in [0, 0.05) is 30.4 Å². The molecule has 124 valence electrons. The van der Waals surface area contributed by atoms with Gasteiger partial charge in [-0.2, -0.15) is 4.52 Å². The van der Waals surface area contributed by atoms with Gasteiger partial charge in [-0.1, -0.05) is 30.3 Å². The molecule has 1 aliphatic heterocycles. The van der Waals surface area contributed by atoms with Crippen molar-refractivity contribution in [2.24, 2.45) is 0 Å². The number of hydrogen-bond donors (Lipinski definition) is 1. The second-order valence-corrected chi connectivity index (χ2v) is 5.77. The lowest BCUT2D eigenvalue weighted by molar-refractivity contribution is -0.0864. The minimum atomic E-state index is 0.100. The molecular weight excluding hydrogens is 306 g/mol. The number of nitrogens with one attached hydrogen (secondary N) is 1. The van der Waals surface area contributed by atoms with Crippen LogP contribution in [0.25, 0.3) is 16.8 Å². The standard InChI is InChI=1S/C17H19N5O2/c1-2-4-13(5-3-1)15-8-14(17-19-20-21-22(17)11-15)9-18-10-16-12-23-6-7-24-16/h1-5,8,11,16,18H,6-7,9-10,12H2/t16-/m1/s1. The molecule has 1 N–H and O–H groups in total. The van der Waals surface area contributed by atoms with E-state index >= 15 is 0 Å². The Hall–Kier alpha value is -2.35. The normalized spacial score (nSPS) is 18.1. The lowest BCUT2D eigenvalue weighted by Crippen LogP contribution is -2.37. The Bertz CT molecular complexity index is 799. The Morgan fingerprint density at radius 3 is 2.92 bits per heavy atom. The van der Waals surface area contributed by atoms with Crippen LogP contribution in [0.1, 0.15) is 5.56 Å². The summed E-state index contributed by atoms with van der Waals surface area (Å²) in [5.41, 5.74) is 4.05. The molecule has 7 nitrogen and oxygen atoms in total. The quantitative estimate of drug-likeness (QED) is 0.762. The van der Waals surface area contributed by atoms with E-state index in [-0.39, 0.29) is 6.10 Å². The van der Waals surface area contributed by atoms with Gasteiger partial charge in [0.1, 0.15) is 0 Å². The summed E-state index contributed by atoms with van der Waals surface area (Å²) in [7, 11) is 0. The van der Waals surface area contributed by atoms with E-state index in [0.29, 0.717) is 26.4 Å². The van der Waals surface area contributed by atoms with Gasteiger partial charge in [0.15, 0.2) is 5.65 Å². The number of rotatable bonds is 5. The molecule has 3 aromatic rings. The van der Waals surface area contributed by atoms with Gasteiger partial charge in [-0.15, -0.1) is 5.10 Å². The SMILES string of the molecule is c1ccc(-c2cc(CNC[C@@H]3COCCO3)c3nnnn3c2)cc1. The summed E-state index contributed by atoms with van der Waals surface area (Å²) < 4.78 is 12.8. The topological polar surface area (TPSA) is 73.6 Å². The Balaban J connectivity index is 1.54. The molecule has 2 aromatic heterocycles. The largest absolute Gasteiger partial charge is 0.376 e. The van der Waals surface area contributed by atoms with E-state index in [0.717, 1.165) is 28.9 Å². The fourth-order valence-corrected chi connectivity index (χ4v) is 2.85. The fourth-order valence-electron chi connectivity index (χ4n) is 2.85. The molecule has 1 aromatic carbocycles. The molecule has 1 fully saturated rings. The van der Waals surface area contributed by atoms with E-state index in [4.69, 9.17) is 9.47 Å². The molecule has 0 aliphatic carbocycles. The van der Waals surface area contributed by atoms with Crippen molar-refractivity contribution in [1.82, 2.24) is 25.4 Å². The molecule has 1 saturated heterocycles. The van der Waals surface area contributed by atoms with Crippen LogP contribution in [0.15, 0.2) is 42.6 Å². The molecule has 24 heavy (non-hydrogen) atoms. The van der Waals surface area contributed by atoms with Crippen molar-refractivity contribution in [2.75, 3.05) is 26.4 Å². The summed E-state index contributed by atoms with van der Waals surface area (Å²) in [6.07, 6.45) is 2.05. The highest BCUT2D eigenvalue weighted by atomic mass is 16.6. The molecule has 0 spiro atoms. The Morgan fingerprint density at radius 2 is 2.08 bits per heavy atom. The summed E-state index contributed by atoms with van der Waals surface area (Å²) in [5.74, 6) is 0. The van der Waals surface area contributed by atoms with Crippen LogP contribution in [0, 0.1) is 0 Å². The number of nitrogens with zero attached hydrogens (tertiary/aromatic N) is 4. The van der Waals surface area contributed by atoms with Crippen molar-refractivity contribution in [1.29, 1.82) is 0 Å². The summed E-state index contributed by atoms with van der Waals surface area (Å²) in [5, 5.41) is 15.4. The number of tetrazole rings is 1. The first-order valence-electron chi connectivity index (χ1n) is 8.06. The molecule has 7 heteroatoms. The van der Waals surface area contributed by atoms with Gasteiger partial charge >= 0.3 is 0 Å². The molecule has 4 rings (SSSR count). The van der Waals surface area contributed by atoms with Crippen LogP contribution in [-0.2, 0) is 16.0 Å². The van der Waals surface area contributed by atoms with Crippen molar-refractivity contribution in [3.8, 4) is 11.1 Å². The molecule has 3 heterocycles. The minimum Gasteiger partial charge on any atom is -0.376 e. The smallest absolute Gasteiger partial charge is 0.183 e. The first-order chi connectivity index (χ1) is 11.9. The predicted molar refractivity (Wildman–Crippen MR) is 88.5 cm³/mol. The summed E-state index contributed by atoms with van der Waals surface area (Å²) in [6, 6.07) is 12.3. The van der Waals surface area contributed by atoms with Crippen molar-refractivity contribution < 1.29 is 9.47 Å². The average molecular weight is 325 g/mol. The van der Waals surface area contributed by atoms with Gasteiger partial charge in [0.25, 0.3) is 0 Å². The lowest BCUT2D eigenvalue weighted by Gasteiger charge is -2.23. The first-order valence-corrected chi connectivity index (χ1v) is 8.06. The average Bonchev–Trinajstić information content (AvgIpc) is 3.12. The van der Waals surface area contributed by atoms with Crippen molar-refractivity contribution in [3.63, 3.8) is 0 Å². The molecule has 0 radical (unpaired) electrons. The van der Waals surface area contributed by atoms with Crippen LogP contribution < -0.4 is 5.32 Å². The van der Waals surface area contributed by atoms with Crippen LogP contribution in [0.4, 0.5) is 0 Å². The number of ether oxygens (including phenoxy) is 2. The molecule has 0 saturated carbocycles. The Morgan fingerprint density at radius 1 is 1.17 bits per heavy atom. The number of pyridine rings is 1. The van der Waals surface area contributed by atoms with Crippen LogP contribution in [-0.4, -0.2) is 52.5 Å². The molecule has 0 amide bonds. The van der Waals surface area contributed by atoms with Crippen molar-refractivity contribution in [3.05, 3.63) is 48.2 Å². The van der Waals surface area contributed by atoms with Gasteiger partial charge in [0.2, 0.25) is 0 Å². The highest BCUT2D eigenvalue weighted by Gasteiger charge is 2.14. The van der Waals surface area contributed by atoms with Crippen LogP contribution >= 0.6 is 0 Å². The molecule has 1 aliphatic rings. The van der Waals surface area contributed by atoms with Crippen molar-refractivity contribution >= 4 is 5.65 Å². The van der Waals surface area contributed by atoms with Crippen LogP contribution in [0.3, 0.4) is 0 Å². The van der Waals surface area contributed by atoms with Crippen LogP contribution in [0.5, 0.6) is 0 Å². The minimum absolute atomic E-state index is 0.100. The van der Waals surface area contributed by atoms with E-state index in [1.165, 1.54) is 0 Å². The molecule has 0 unspecified atom stereocenters. The third kappa shape index (κ3) is 3.28. The van der Waals surface area contributed by atoms with E-state index in [2.05, 4.69) is 39.0 Å². The van der Waals surface area contributed by atoms with Gasteiger partial charge in [0.05, 0.1) is 25.9 Å². The predicted octanol–water partition coefficient (Wildman–Crippen LogP) is 1.30. The zero-order valence-corrected chi connectivity index (χ0v) is 13.3. The summed E-state index contributed by atoms with van der Waals surface area (Å²) in [4.78, 5) is 0. The third-order valence-corrected chi connectivity index (χ3v) is 4.05. The number of aromatic nitrogens is 4. The third-order valence-electron chi connectivity index (χ3n) is 4.05. The van der Waals surface area contributed by atoms with E-state index < -0.39 is 0 Å². The second kappa shape index (κ2) is 7.04. The fraction of sp³-hybridized carbons (Fsp3) is 0.353. The maximum Gasteiger partial charge on any atom is 0.183 e. The molecule has 1 atom stereocenters. The zero-order chi connectivity index (χ0) is 16.2. The van der Waals surface area contributed by atoms with E-state index in [9.17, 15) is 0 Å². The first kappa shape index (κ1) is 15.2. The Kier molecular flexibility index (Phi) is 4.46. The van der Waals surface area contributed by atoms with Gasteiger partial charge < -0.3 is 14.8 Å². The molecular formula is C17H19N5O2. The summed E-state index contributed by atoms with van der Waals surface area (Å²) >= 11 is 0. The van der Waals surface area contributed by atoms with E-state index in [1.54, 1.807) is 4.52 Å². The van der Waals surface area contributed by atoms with Gasteiger partial charge in [-0.25, -0.2) is 0 Å². The highest BCUT2D eigenvalue weighted by Crippen LogP contribution is 2.21. The lowest BCUT2D eigenvalue weighted by atomic mass is 10.1. The second-order valence-electron chi connectivity index (χ2n) is 5.77. The maximum absolute atomic E-state index is 5.65. The van der Waals surface area contributed by atoms with Gasteiger partial charge in [-0.05, 0) is 22.1 Å². The zero-order valence-electron chi connectivity index (χ0n) is 13.3. The number of benzene rings is 1. The van der Waals surface area contributed by atoms with Crippen LogP contribution in [0.2, 0.25) is 0 Å². The highest BCUT2D eigenvalue weighted by molar-refractivity contribution is 5.66.